The summed E-state index contributed by atoms with van der Waals surface area (Å²) in [7, 11) is 1.99. The summed E-state index contributed by atoms with van der Waals surface area (Å²) >= 11 is 0. The van der Waals surface area contributed by atoms with Gasteiger partial charge in [0.1, 0.15) is 0 Å². The maximum Gasteiger partial charge on any atom is 0.222 e. The molecule has 4 heteroatoms. The first-order chi connectivity index (χ1) is 10.1. The van der Waals surface area contributed by atoms with Crippen LogP contribution in [0.3, 0.4) is 0 Å². The molecule has 0 spiro atoms. The predicted octanol–water partition coefficient (Wildman–Crippen LogP) is 2.22. The predicted molar refractivity (Wildman–Crippen MR) is 82.8 cm³/mol. The lowest BCUT2D eigenvalue weighted by atomic mass is 9.88. The maximum absolute atomic E-state index is 12.0. The molecule has 1 amide bonds. The Bertz CT molecular complexity index is 517. The fraction of sp³-hybridized carbons (Fsp3) is 0.647. The Hall–Kier alpha value is -1.42. The van der Waals surface area contributed by atoms with Crippen LogP contribution in [0.15, 0.2) is 18.5 Å². The third kappa shape index (κ3) is 3.10. The van der Waals surface area contributed by atoms with Crippen LogP contribution in [0.25, 0.3) is 0 Å². The van der Waals surface area contributed by atoms with E-state index in [-0.39, 0.29) is 0 Å². The van der Waals surface area contributed by atoms with Gasteiger partial charge in [-0.1, -0.05) is 0 Å². The maximum atomic E-state index is 12.0. The number of nitrogens with zero attached hydrogens (tertiary/aromatic N) is 3. The number of likely N-dealkylation sites (tertiary alicyclic amines) is 2. The van der Waals surface area contributed by atoms with Crippen molar-refractivity contribution in [2.75, 3.05) is 20.1 Å². The molecule has 2 saturated heterocycles. The molecule has 2 aliphatic heterocycles. The molecular formula is C17H25N3O. The topological polar surface area (TPSA) is 36.4 Å². The molecule has 0 saturated carbocycles. The second-order valence-corrected chi connectivity index (χ2v) is 6.55. The molecule has 2 atom stereocenters. The summed E-state index contributed by atoms with van der Waals surface area (Å²) < 4.78 is 0. The van der Waals surface area contributed by atoms with Crippen LogP contribution in [0, 0.1) is 12.8 Å². The van der Waals surface area contributed by atoms with E-state index < -0.39 is 0 Å². The highest BCUT2D eigenvalue weighted by molar-refractivity contribution is 5.76. The number of pyridine rings is 1. The normalized spacial score (nSPS) is 27.3. The number of fused-ring (bicyclic) bond motifs is 1. The molecular weight excluding hydrogens is 262 g/mol. The Kier molecular flexibility index (Phi) is 4.24. The summed E-state index contributed by atoms with van der Waals surface area (Å²) in [6.07, 6.45) is 7.90. The fourth-order valence-corrected chi connectivity index (χ4v) is 3.83. The molecule has 1 aromatic heterocycles. The lowest BCUT2D eigenvalue weighted by molar-refractivity contribution is -0.132. The van der Waals surface area contributed by atoms with E-state index in [1.165, 1.54) is 17.5 Å². The lowest BCUT2D eigenvalue weighted by Gasteiger charge is -2.41. The van der Waals surface area contributed by atoms with Gasteiger partial charge in [-0.05, 0) is 49.3 Å². The van der Waals surface area contributed by atoms with E-state index in [2.05, 4.69) is 22.9 Å². The molecule has 0 radical (unpaired) electrons. The number of rotatable bonds is 2. The fourth-order valence-electron chi connectivity index (χ4n) is 3.83. The smallest absolute Gasteiger partial charge is 0.222 e. The van der Waals surface area contributed by atoms with Crippen LogP contribution in [0.2, 0.25) is 0 Å². The summed E-state index contributed by atoms with van der Waals surface area (Å²) in [6, 6.07) is 2.58. The van der Waals surface area contributed by atoms with Crippen LogP contribution in [0.5, 0.6) is 0 Å². The first-order valence-electron chi connectivity index (χ1n) is 8.02. The van der Waals surface area contributed by atoms with Crippen molar-refractivity contribution in [3.63, 3.8) is 0 Å². The van der Waals surface area contributed by atoms with E-state index in [4.69, 9.17) is 0 Å². The molecule has 0 aliphatic carbocycles. The highest BCUT2D eigenvalue weighted by atomic mass is 16.2. The van der Waals surface area contributed by atoms with Gasteiger partial charge in [-0.3, -0.25) is 14.7 Å². The molecule has 2 aliphatic rings. The Morgan fingerprint density at radius 2 is 2.24 bits per heavy atom. The number of hydrogen-bond donors (Lipinski definition) is 0. The molecule has 0 N–H and O–H groups in total. The van der Waals surface area contributed by atoms with Crippen molar-refractivity contribution in [2.24, 2.45) is 5.92 Å². The van der Waals surface area contributed by atoms with Crippen molar-refractivity contribution in [1.29, 1.82) is 0 Å². The van der Waals surface area contributed by atoms with Gasteiger partial charge in [0.25, 0.3) is 0 Å². The second kappa shape index (κ2) is 6.14. The number of amides is 1. The minimum atomic E-state index is 0.334. The van der Waals surface area contributed by atoms with Crippen LogP contribution in [-0.4, -0.2) is 46.9 Å². The Morgan fingerprint density at radius 1 is 1.38 bits per heavy atom. The number of aromatic nitrogens is 1. The molecule has 21 heavy (non-hydrogen) atoms. The summed E-state index contributed by atoms with van der Waals surface area (Å²) in [4.78, 5) is 20.7. The largest absolute Gasteiger partial charge is 0.342 e. The van der Waals surface area contributed by atoms with Crippen molar-refractivity contribution in [3.05, 3.63) is 29.6 Å². The van der Waals surface area contributed by atoms with Crippen molar-refractivity contribution >= 4 is 5.91 Å². The average molecular weight is 287 g/mol. The molecule has 1 aromatic rings. The van der Waals surface area contributed by atoms with Crippen molar-refractivity contribution < 1.29 is 4.79 Å². The number of aryl methyl sites for hydroxylation is 1. The average Bonchev–Trinajstić information content (AvgIpc) is 2.62. The minimum Gasteiger partial charge on any atom is -0.342 e. The third-order valence-corrected chi connectivity index (χ3v) is 5.16. The summed E-state index contributed by atoms with van der Waals surface area (Å²) in [5, 5.41) is 0. The monoisotopic (exact) mass is 287 g/mol. The van der Waals surface area contributed by atoms with Crippen LogP contribution in [-0.2, 0) is 11.3 Å². The zero-order valence-corrected chi connectivity index (χ0v) is 13.1. The Morgan fingerprint density at radius 3 is 3.05 bits per heavy atom. The molecule has 2 fully saturated rings. The van der Waals surface area contributed by atoms with Gasteiger partial charge in [0.15, 0.2) is 0 Å². The summed E-state index contributed by atoms with van der Waals surface area (Å²) in [5.74, 6) is 0.971. The van der Waals surface area contributed by atoms with Gasteiger partial charge < -0.3 is 4.90 Å². The van der Waals surface area contributed by atoms with E-state index in [0.717, 1.165) is 38.9 Å². The molecule has 0 unspecified atom stereocenters. The lowest BCUT2D eigenvalue weighted by Crippen LogP contribution is -2.50. The quantitative estimate of drug-likeness (QED) is 0.837. The third-order valence-electron chi connectivity index (χ3n) is 5.16. The summed E-state index contributed by atoms with van der Waals surface area (Å²) in [5.41, 5.74) is 2.65. The number of carbonyl (C=O) groups is 1. The van der Waals surface area contributed by atoms with Crippen LogP contribution < -0.4 is 0 Å². The van der Waals surface area contributed by atoms with E-state index in [1.54, 1.807) is 0 Å². The SMILES string of the molecule is Cc1cnccc1CN1CC[C@@H]2[C@H](CCCC(=O)N2C)C1. The highest BCUT2D eigenvalue weighted by Gasteiger charge is 2.35. The van der Waals surface area contributed by atoms with Crippen LogP contribution in [0.1, 0.15) is 36.8 Å². The van der Waals surface area contributed by atoms with E-state index in [1.807, 2.05) is 24.3 Å². The molecule has 114 valence electrons. The Balaban J connectivity index is 1.67. The first-order valence-corrected chi connectivity index (χ1v) is 8.02. The number of carbonyl (C=O) groups excluding carboxylic acids is 1. The van der Waals surface area contributed by atoms with E-state index >= 15 is 0 Å². The van der Waals surface area contributed by atoms with Gasteiger partial charge in [0.05, 0.1) is 0 Å². The Labute approximate surface area is 127 Å². The van der Waals surface area contributed by atoms with Gasteiger partial charge >= 0.3 is 0 Å². The highest BCUT2D eigenvalue weighted by Crippen LogP contribution is 2.30. The summed E-state index contributed by atoms with van der Waals surface area (Å²) in [6.45, 7) is 5.34. The van der Waals surface area contributed by atoms with E-state index in [9.17, 15) is 4.79 Å². The zero-order chi connectivity index (χ0) is 14.8. The molecule has 3 heterocycles. The second-order valence-electron chi connectivity index (χ2n) is 6.55. The standard InChI is InChI=1S/C17H25N3O/c1-13-10-18-8-6-14(13)11-20-9-7-16-15(12-20)4-3-5-17(21)19(16)2/h6,8,10,15-16H,3-5,7,9,11-12H2,1-2H3/t15-,16-/m1/s1. The van der Waals surface area contributed by atoms with Gasteiger partial charge in [0.2, 0.25) is 5.91 Å². The van der Waals surface area contributed by atoms with Crippen molar-refractivity contribution in [3.8, 4) is 0 Å². The van der Waals surface area contributed by atoms with Gasteiger partial charge in [-0.2, -0.15) is 0 Å². The van der Waals surface area contributed by atoms with Crippen molar-refractivity contribution in [2.45, 2.75) is 45.2 Å². The van der Waals surface area contributed by atoms with Gasteiger partial charge in [-0.25, -0.2) is 0 Å². The molecule has 4 nitrogen and oxygen atoms in total. The van der Waals surface area contributed by atoms with Crippen molar-refractivity contribution in [1.82, 2.24) is 14.8 Å². The minimum absolute atomic E-state index is 0.334. The molecule has 0 bridgehead atoms. The first kappa shape index (κ1) is 14.5. The van der Waals surface area contributed by atoms with Crippen LogP contribution >= 0.6 is 0 Å². The van der Waals surface area contributed by atoms with Gasteiger partial charge in [0, 0.05) is 51.5 Å². The van der Waals surface area contributed by atoms with Crippen LogP contribution in [0.4, 0.5) is 0 Å². The molecule has 3 rings (SSSR count). The van der Waals surface area contributed by atoms with Gasteiger partial charge in [-0.15, -0.1) is 0 Å². The van der Waals surface area contributed by atoms with E-state index in [0.29, 0.717) is 17.9 Å². The zero-order valence-electron chi connectivity index (χ0n) is 13.1. The molecule has 0 aromatic carbocycles. The number of piperidine rings is 1. The number of hydrogen-bond acceptors (Lipinski definition) is 3.